The Balaban J connectivity index is 2.07. The van der Waals surface area contributed by atoms with Gasteiger partial charge in [-0.25, -0.2) is 0 Å². The molecule has 0 radical (unpaired) electrons. The van der Waals surface area contributed by atoms with Crippen LogP contribution in [0.25, 0.3) is 0 Å². The first-order valence-corrected chi connectivity index (χ1v) is 7.54. The number of nitro groups is 1. The molecule has 2 rings (SSSR count). The van der Waals surface area contributed by atoms with Crippen LogP contribution in [-0.2, 0) is 0 Å². The highest BCUT2D eigenvalue weighted by Crippen LogP contribution is 2.22. The van der Waals surface area contributed by atoms with Gasteiger partial charge >= 0.3 is 0 Å². The van der Waals surface area contributed by atoms with Crippen molar-refractivity contribution in [2.75, 3.05) is 25.0 Å². The van der Waals surface area contributed by atoms with Gasteiger partial charge in [0.2, 0.25) is 0 Å². The van der Waals surface area contributed by atoms with E-state index in [-0.39, 0.29) is 17.3 Å². The lowest BCUT2D eigenvalue weighted by molar-refractivity contribution is -0.384. The van der Waals surface area contributed by atoms with Crippen molar-refractivity contribution < 1.29 is 9.72 Å². The predicted molar refractivity (Wildman–Crippen MR) is 85.0 cm³/mol. The van der Waals surface area contributed by atoms with Crippen molar-refractivity contribution in [2.24, 2.45) is 5.73 Å². The van der Waals surface area contributed by atoms with E-state index in [2.05, 4.69) is 10.2 Å². The number of nitrogens with one attached hydrogen (secondary N) is 1. The summed E-state index contributed by atoms with van der Waals surface area (Å²) in [5.74, 6) is -0.670. The van der Waals surface area contributed by atoms with Crippen molar-refractivity contribution in [1.82, 2.24) is 4.90 Å². The number of primary amides is 1. The molecule has 120 valence electrons. The van der Waals surface area contributed by atoms with Crippen LogP contribution < -0.4 is 11.1 Å². The Morgan fingerprint density at radius 2 is 2.09 bits per heavy atom. The maximum atomic E-state index is 11.5. The highest BCUT2D eigenvalue weighted by atomic mass is 16.6. The molecule has 1 heterocycles. The number of nitrogens with two attached hydrogens (primary N) is 1. The van der Waals surface area contributed by atoms with Crippen LogP contribution in [0.5, 0.6) is 0 Å². The topological polar surface area (TPSA) is 102 Å². The summed E-state index contributed by atoms with van der Waals surface area (Å²) in [5, 5.41) is 14.0. The lowest BCUT2D eigenvalue weighted by Gasteiger charge is -2.30. The Labute approximate surface area is 129 Å². The van der Waals surface area contributed by atoms with Crippen LogP contribution in [0.4, 0.5) is 11.4 Å². The van der Waals surface area contributed by atoms with Crippen molar-refractivity contribution in [3.63, 3.8) is 0 Å². The van der Waals surface area contributed by atoms with Gasteiger partial charge in [0, 0.05) is 30.4 Å². The number of piperidine rings is 1. The van der Waals surface area contributed by atoms with E-state index in [1.807, 2.05) is 6.92 Å². The minimum absolute atomic E-state index is 0.123. The van der Waals surface area contributed by atoms with E-state index in [1.165, 1.54) is 31.4 Å². The summed E-state index contributed by atoms with van der Waals surface area (Å²) in [6.45, 7) is 5.08. The Kier molecular flexibility index (Phi) is 5.32. The second kappa shape index (κ2) is 7.22. The first-order valence-electron chi connectivity index (χ1n) is 7.54. The number of nitro benzene ring substituents is 1. The summed E-state index contributed by atoms with van der Waals surface area (Å²) in [5.41, 5.74) is 5.89. The largest absolute Gasteiger partial charge is 0.381 e. The van der Waals surface area contributed by atoms with Gasteiger partial charge in [-0.2, -0.15) is 0 Å². The van der Waals surface area contributed by atoms with Crippen molar-refractivity contribution >= 4 is 17.3 Å². The summed E-state index contributed by atoms with van der Waals surface area (Å²) in [4.78, 5) is 24.2. The van der Waals surface area contributed by atoms with Gasteiger partial charge in [-0.3, -0.25) is 14.9 Å². The first kappa shape index (κ1) is 16.2. The fourth-order valence-electron chi connectivity index (χ4n) is 2.82. The average molecular weight is 306 g/mol. The SMILES string of the molecule is C[C@@H](CN1CCCCC1)Nc1ccc([N+](=O)[O-])cc1C(N)=O. The fraction of sp³-hybridized carbons (Fsp3) is 0.533. The van der Waals surface area contributed by atoms with Gasteiger partial charge in [0.25, 0.3) is 11.6 Å². The molecule has 22 heavy (non-hydrogen) atoms. The molecule has 1 aliphatic heterocycles. The Morgan fingerprint density at radius 1 is 1.41 bits per heavy atom. The number of benzene rings is 1. The number of amides is 1. The van der Waals surface area contributed by atoms with Gasteiger partial charge < -0.3 is 16.0 Å². The molecule has 7 heteroatoms. The smallest absolute Gasteiger partial charge is 0.270 e. The molecule has 1 saturated heterocycles. The number of hydrogen-bond acceptors (Lipinski definition) is 5. The van der Waals surface area contributed by atoms with E-state index >= 15 is 0 Å². The third-order valence-electron chi connectivity index (χ3n) is 3.86. The zero-order chi connectivity index (χ0) is 16.1. The Bertz CT molecular complexity index is 556. The van der Waals surface area contributed by atoms with Gasteiger partial charge in [-0.05, 0) is 38.9 Å². The van der Waals surface area contributed by atoms with Gasteiger partial charge in [0.05, 0.1) is 10.5 Å². The van der Waals surface area contributed by atoms with Crippen LogP contribution in [0.1, 0.15) is 36.5 Å². The quantitative estimate of drug-likeness (QED) is 0.618. The number of hydrogen-bond donors (Lipinski definition) is 2. The van der Waals surface area contributed by atoms with E-state index in [4.69, 9.17) is 5.73 Å². The van der Waals surface area contributed by atoms with Crippen molar-refractivity contribution in [1.29, 1.82) is 0 Å². The summed E-state index contributed by atoms with van der Waals surface area (Å²) >= 11 is 0. The average Bonchev–Trinajstić information content (AvgIpc) is 2.48. The molecule has 0 spiro atoms. The molecule has 1 fully saturated rings. The van der Waals surface area contributed by atoms with Gasteiger partial charge in [-0.1, -0.05) is 6.42 Å². The van der Waals surface area contributed by atoms with Gasteiger partial charge in [0.15, 0.2) is 0 Å². The fourth-order valence-corrected chi connectivity index (χ4v) is 2.82. The zero-order valence-electron chi connectivity index (χ0n) is 12.7. The second-order valence-electron chi connectivity index (χ2n) is 5.76. The molecule has 1 aromatic carbocycles. The van der Waals surface area contributed by atoms with Gasteiger partial charge in [0.1, 0.15) is 0 Å². The van der Waals surface area contributed by atoms with Crippen LogP contribution in [0.3, 0.4) is 0 Å². The Morgan fingerprint density at radius 3 is 2.68 bits per heavy atom. The molecule has 0 saturated carbocycles. The lowest BCUT2D eigenvalue weighted by Crippen LogP contribution is -2.38. The predicted octanol–water partition coefficient (Wildman–Crippen LogP) is 1.98. The Hall–Kier alpha value is -2.15. The van der Waals surface area contributed by atoms with E-state index < -0.39 is 10.8 Å². The molecular formula is C15H22N4O3. The summed E-state index contributed by atoms with van der Waals surface area (Å²) in [6, 6.07) is 4.27. The molecule has 7 nitrogen and oxygen atoms in total. The monoisotopic (exact) mass is 306 g/mol. The van der Waals surface area contributed by atoms with Crippen LogP contribution in [0.2, 0.25) is 0 Å². The highest BCUT2D eigenvalue weighted by Gasteiger charge is 2.18. The number of anilines is 1. The lowest BCUT2D eigenvalue weighted by atomic mass is 10.1. The standard InChI is InChI=1S/C15H22N4O3/c1-11(10-18-7-3-2-4-8-18)17-14-6-5-12(19(21)22)9-13(14)15(16)20/h5-6,9,11,17H,2-4,7-8,10H2,1H3,(H2,16,20)/t11-/m0/s1. The van der Waals surface area contributed by atoms with Crippen LogP contribution >= 0.6 is 0 Å². The molecule has 1 atom stereocenters. The molecule has 1 aliphatic rings. The van der Waals surface area contributed by atoms with E-state index in [1.54, 1.807) is 6.07 Å². The molecule has 1 amide bonds. The van der Waals surface area contributed by atoms with E-state index in [0.29, 0.717) is 5.69 Å². The summed E-state index contributed by atoms with van der Waals surface area (Å²) in [6.07, 6.45) is 3.72. The van der Waals surface area contributed by atoms with E-state index in [9.17, 15) is 14.9 Å². The first-order chi connectivity index (χ1) is 10.5. The normalized spacial score (nSPS) is 17.0. The third kappa shape index (κ3) is 4.17. The minimum Gasteiger partial charge on any atom is -0.381 e. The number of non-ortho nitro benzene ring substituents is 1. The maximum absolute atomic E-state index is 11.5. The summed E-state index contributed by atoms with van der Waals surface area (Å²) in [7, 11) is 0. The number of carbonyl (C=O) groups excluding carboxylic acids is 1. The second-order valence-corrected chi connectivity index (χ2v) is 5.76. The third-order valence-corrected chi connectivity index (χ3v) is 3.86. The summed E-state index contributed by atoms with van der Waals surface area (Å²) < 4.78 is 0. The van der Waals surface area contributed by atoms with Crippen molar-refractivity contribution in [3.8, 4) is 0 Å². The molecule has 3 N–H and O–H groups in total. The van der Waals surface area contributed by atoms with E-state index in [0.717, 1.165) is 19.6 Å². The number of likely N-dealkylation sites (tertiary alicyclic amines) is 1. The molecule has 0 unspecified atom stereocenters. The highest BCUT2D eigenvalue weighted by molar-refractivity contribution is 5.99. The molecule has 0 bridgehead atoms. The molecular weight excluding hydrogens is 284 g/mol. The van der Waals surface area contributed by atoms with Crippen LogP contribution in [0, 0.1) is 10.1 Å². The molecule has 0 aromatic heterocycles. The number of rotatable bonds is 6. The maximum Gasteiger partial charge on any atom is 0.270 e. The number of nitrogens with zero attached hydrogens (tertiary/aromatic N) is 2. The van der Waals surface area contributed by atoms with Crippen molar-refractivity contribution in [2.45, 2.75) is 32.2 Å². The van der Waals surface area contributed by atoms with Crippen LogP contribution in [0.15, 0.2) is 18.2 Å². The molecule has 1 aromatic rings. The number of carbonyl (C=O) groups is 1. The minimum atomic E-state index is -0.670. The van der Waals surface area contributed by atoms with Gasteiger partial charge in [-0.15, -0.1) is 0 Å². The molecule has 0 aliphatic carbocycles. The van der Waals surface area contributed by atoms with Crippen LogP contribution in [-0.4, -0.2) is 41.4 Å². The zero-order valence-corrected chi connectivity index (χ0v) is 12.7. The van der Waals surface area contributed by atoms with Crippen molar-refractivity contribution in [3.05, 3.63) is 33.9 Å².